The van der Waals surface area contributed by atoms with E-state index in [9.17, 15) is 14.7 Å². The lowest BCUT2D eigenvalue weighted by molar-refractivity contribution is -0.246. The Morgan fingerprint density at radius 2 is 1.73 bits per heavy atom. The molecule has 8 rings (SSSR count). The predicted molar refractivity (Wildman–Crippen MR) is 217 cm³/mol. The van der Waals surface area contributed by atoms with E-state index in [1.807, 2.05) is 36.4 Å². The van der Waals surface area contributed by atoms with Gasteiger partial charge in [0.05, 0.1) is 23.8 Å². The van der Waals surface area contributed by atoms with E-state index in [4.69, 9.17) is 0 Å². The van der Waals surface area contributed by atoms with Gasteiger partial charge in [0.2, 0.25) is 11.7 Å². The highest BCUT2D eigenvalue weighted by Gasteiger charge is 2.71. The Balaban J connectivity index is 0.935. The number of carbonyl (C=O) groups excluding carboxylic acids is 2. The molecule has 0 spiro atoms. The number of aliphatic hydroxyl groups is 1. The van der Waals surface area contributed by atoms with Crippen molar-refractivity contribution < 1.29 is 14.7 Å². The van der Waals surface area contributed by atoms with Gasteiger partial charge >= 0.3 is 0 Å². The van der Waals surface area contributed by atoms with Crippen molar-refractivity contribution in [3.63, 3.8) is 0 Å². The predicted octanol–water partition coefficient (Wildman–Crippen LogP) is 7.87. The summed E-state index contributed by atoms with van der Waals surface area (Å²) in [5, 5.41) is 31.5. The van der Waals surface area contributed by atoms with Crippen LogP contribution in [-0.2, 0) is 17.8 Å². The number of rotatable bonds is 9. The molecular formula is C46H63N7O3. The van der Waals surface area contributed by atoms with Crippen molar-refractivity contribution in [3.05, 3.63) is 71.6 Å². The monoisotopic (exact) mass is 761 g/mol. The van der Waals surface area contributed by atoms with Crippen LogP contribution < -0.4 is 10.6 Å². The lowest BCUT2D eigenvalue weighted by atomic mass is 9.32. The first-order chi connectivity index (χ1) is 26.6. The number of nitrogens with one attached hydrogen (secondary N) is 3. The number of hydrogen-bond acceptors (Lipinski definition) is 7. The van der Waals surface area contributed by atoms with Crippen LogP contribution in [0.4, 0.5) is 0 Å². The number of carbonyl (C=O) groups is 2. The molecule has 10 heteroatoms. The third kappa shape index (κ3) is 6.06. The molecule has 5 aliphatic rings. The van der Waals surface area contributed by atoms with Crippen LogP contribution in [0.25, 0.3) is 11.4 Å². The van der Waals surface area contributed by atoms with E-state index >= 15 is 0 Å². The molecule has 2 heterocycles. The minimum absolute atomic E-state index is 0.0556. The fourth-order valence-electron chi connectivity index (χ4n) is 14.1. The number of allylic oxidation sites excluding steroid dienone is 1. The van der Waals surface area contributed by atoms with Gasteiger partial charge in [0.15, 0.2) is 0 Å². The second kappa shape index (κ2) is 14.2. The molecule has 4 N–H and O–H groups in total. The fourth-order valence-corrected chi connectivity index (χ4v) is 14.1. The largest absolute Gasteiger partial charge is 0.393 e. The van der Waals surface area contributed by atoms with E-state index in [1.165, 1.54) is 31.3 Å². The number of aromatic amines is 1. The number of pyridine rings is 1. The minimum Gasteiger partial charge on any atom is -0.393 e. The Kier molecular flexibility index (Phi) is 9.85. The molecule has 5 fully saturated rings. The molecule has 1 aromatic carbocycles. The van der Waals surface area contributed by atoms with Crippen molar-refractivity contribution in [1.29, 1.82) is 0 Å². The number of aliphatic hydroxyl groups excluding tert-OH is 1. The maximum atomic E-state index is 14.7. The number of fused-ring (bicyclic) bond motifs is 7. The van der Waals surface area contributed by atoms with Crippen molar-refractivity contribution in [2.75, 3.05) is 6.54 Å². The maximum Gasteiger partial charge on any atom is 0.251 e. The number of nitrogens with zero attached hydrogens (tertiary/aromatic N) is 4. The van der Waals surface area contributed by atoms with Crippen molar-refractivity contribution in [2.24, 2.45) is 56.7 Å². The van der Waals surface area contributed by atoms with Crippen LogP contribution in [0.15, 0.2) is 54.7 Å². The molecule has 0 aliphatic heterocycles. The van der Waals surface area contributed by atoms with E-state index in [0.717, 1.165) is 55.3 Å². The number of H-pyrrole nitrogens is 1. The SMILES string of the molecule is C=C(C)C1CC[C@]2(C(=O)NCCc3cccc(C(=O)NCc4ccc(-c5nn[nH]n5)cn4)c3)CC[C@]3(C)C(CCC4[C@@]5(C)CC[C@H](O)C(C)(C)C5CC[C@]43C)C12. The Morgan fingerprint density at radius 3 is 2.46 bits per heavy atom. The van der Waals surface area contributed by atoms with Crippen LogP contribution in [0.2, 0.25) is 0 Å². The van der Waals surface area contributed by atoms with E-state index in [1.54, 1.807) is 6.20 Å². The lowest BCUT2D eigenvalue weighted by Gasteiger charge is -2.72. The Morgan fingerprint density at radius 1 is 0.911 bits per heavy atom. The van der Waals surface area contributed by atoms with Crippen molar-refractivity contribution >= 4 is 11.8 Å². The highest BCUT2D eigenvalue weighted by Crippen LogP contribution is 2.77. The van der Waals surface area contributed by atoms with Crippen LogP contribution in [0.1, 0.15) is 127 Å². The number of aromatic nitrogens is 5. The van der Waals surface area contributed by atoms with E-state index in [0.29, 0.717) is 60.5 Å². The lowest BCUT2D eigenvalue weighted by Crippen LogP contribution is -2.67. The summed E-state index contributed by atoms with van der Waals surface area (Å²) in [4.78, 5) is 32.3. The van der Waals surface area contributed by atoms with E-state index < -0.39 is 0 Å². The second-order valence-electron chi connectivity index (χ2n) is 19.9. The quantitative estimate of drug-likeness (QED) is 0.162. The summed E-state index contributed by atoms with van der Waals surface area (Å²) >= 11 is 0. The fraction of sp³-hybridized carbons (Fsp3) is 0.652. The molecule has 3 aromatic rings. The second-order valence-corrected chi connectivity index (χ2v) is 19.9. The third-order valence-electron chi connectivity index (χ3n) is 17.2. The van der Waals surface area contributed by atoms with Crippen molar-refractivity contribution in [1.82, 2.24) is 36.2 Å². The minimum atomic E-state index is -0.367. The Bertz CT molecular complexity index is 1960. The molecule has 5 saturated carbocycles. The zero-order valence-corrected chi connectivity index (χ0v) is 34.5. The van der Waals surface area contributed by atoms with Gasteiger partial charge in [-0.25, -0.2) is 0 Å². The zero-order chi connectivity index (χ0) is 39.7. The summed E-state index contributed by atoms with van der Waals surface area (Å²) in [6.07, 6.45) is 13.0. The zero-order valence-electron chi connectivity index (χ0n) is 34.5. The molecule has 2 aromatic heterocycles. The van der Waals surface area contributed by atoms with Crippen LogP contribution in [0.3, 0.4) is 0 Å². The normalized spacial score (nSPS) is 37.0. The summed E-state index contributed by atoms with van der Waals surface area (Å²) in [5.74, 6) is 2.88. The Labute approximate surface area is 332 Å². The first-order valence-electron chi connectivity index (χ1n) is 21.3. The van der Waals surface area contributed by atoms with Gasteiger partial charge in [0.1, 0.15) is 0 Å². The van der Waals surface area contributed by atoms with Crippen LogP contribution >= 0.6 is 0 Å². The summed E-state index contributed by atoms with van der Waals surface area (Å²) in [6, 6.07) is 11.4. The first-order valence-corrected chi connectivity index (χ1v) is 21.3. The summed E-state index contributed by atoms with van der Waals surface area (Å²) in [6.45, 7) is 20.1. The van der Waals surface area contributed by atoms with E-state index in [-0.39, 0.29) is 45.0 Å². The van der Waals surface area contributed by atoms with Crippen molar-refractivity contribution in [3.8, 4) is 11.4 Å². The van der Waals surface area contributed by atoms with Gasteiger partial charge < -0.3 is 15.7 Å². The molecule has 56 heavy (non-hydrogen) atoms. The third-order valence-corrected chi connectivity index (χ3v) is 17.2. The molecule has 2 amide bonds. The Hall–Kier alpha value is -3.92. The number of tetrazole rings is 1. The first kappa shape index (κ1) is 38.9. The maximum absolute atomic E-state index is 14.7. The van der Waals surface area contributed by atoms with Gasteiger partial charge in [0, 0.05) is 23.9 Å². The van der Waals surface area contributed by atoms with Crippen LogP contribution in [0.5, 0.6) is 0 Å². The highest BCUT2D eigenvalue weighted by molar-refractivity contribution is 5.94. The van der Waals surface area contributed by atoms with Gasteiger partial charge in [0.25, 0.3) is 5.91 Å². The number of benzene rings is 1. The molecule has 10 atom stereocenters. The summed E-state index contributed by atoms with van der Waals surface area (Å²) in [7, 11) is 0. The van der Waals surface area contributed by atoms with Gasteiger partial charge in [-0.15, -0.1) is 10.2 Å². The smallest absolute Gasteiger partial charge is 0.251 e. The summed E-state index contributed by atoms with van der Waals surface area (Å²) < 4.78 is 0. The standard InChI is InChI=1S/C46H63N7O3/c1-28(2)33-15-21-46(23-22-44(6)34(38(33)46)13-14-36-43(5)19-17-37(54)42(3,4)35(43)16-20-45(36,44)7)41(56)47-24-18-29-9-8-10-30(25-29)40(55)49-27-32-12-11-31(26-48-32)39-50-52-53-51-39/h8-12,25-26,33-38,54H,1,13-24,27H2,2-7H3,(H,47,56)(H,49,55)(H,50,51,52,53)/t33?,34?,35?,36?,37-,38?,43-,44+,45+,46-/m0/s1. The topological polar surface area (TPSA) is 146 Å². The molecule has 300 valence electrons. The number of amides is 2. The molecule has 0 radical (unpaired) electrons. The highest BCUT2D eigenvalue weighted by atomic mass is 16.3. The molecule has 5 aliphatic carbocycles. The van der Waals surface area contributed by atoms with Crippen molar-refractivity contribution in [2.45, 2.75) is 125 Å². The van der Waals surface area contributed by atoms with Gasteiger partial charge in [-0.05, 0) is 164 Å². The molecule has 5 unspecified atom stereocenters. The average molecular weight is 762 g/mol. The van der Waals surface area contributed by atoms with Gasteiger partial charge in [-0.1, -0.05) is 58.9 Å². The molecule has 0 saturated heterocycles. The van der Waals surface area contributed by atoms with Crippen LogP contribution in [0, 0.1) is 56.7 Å². The molecular weight excluding hydrogens is 699 g/mol. The molecule has 0 bridgehead atoms. The van der Waals surface area contributed by atoms with E-state index in [2.05, 4.69) is 84.4 Å². The van der Waals surface area contributed by atoms with Crippen LogP contribution in [-0.4, -0.2) is 55.2 Å². The van der Waals surface area contributed by atoms with Gasteiger partial charge in [-0.2, -0.15) is 5.21 Å². The van der Waals surface area contributed by atoms with Gasteiger partial charge in [-0.3, -0.25) is 14.6 Å². The molecule has 10 nitrogen and oxygen atoms in total. The average Bonchev–Trinajstić information content (AvgIpc) is 3.86. The number of hydrogen-bond donors (Lipinski definition) is 4. The summed E-state index contributed by atoms with van der Waals surface area (Å²) in [5.41, 5.74) is 4.50.